The van der Waals surface area contributed by atoms with Gasteiger partial charge in [0, 0.05) is 10.3 Å². The largest absolute Gasteiger partial charge is 0.481 e. The molecule has 6 nitrogen and oxygen atoms in total. The summed E-state index contributed by atoms with van der Waals surface area (Å²) in [6.07, 6.45) is 2.57. The van der Waals surface area contributed by atoms with E-state index in [1.54, 1.807) is 5.38 Å². The number of carboxylic acids is 1. The van der Waals surface area contributed by atoms with E-state index in [-0.39, 0.29) is 23.7 Å². The summed E-state index contributed by atoms with van der Waals surface area (Å²) < 4.78 is 0. The number of hydrogen-bond acceptors (Lipinski definition) is 4. The van der Waals surface area contributed by atoms with Gasteiger partial charge in [0.25, 0.3) is 5.91 Å². The van der Waals surface area contributed by atoms with Gasteiger partial charge in [-0.2, -0.15) is 0 Å². The highest BCUT2D eigenvalue weighted by molar-refractivity contribution is 7.10. The van der Waals surface area contributed by atoms with Crippen LogP contribution in [-0.4, -0.2) is 22.9 Å². The van der Waals surface area contributed by atoms with Gasteiger partial charge in [-0.25, -0.2) is 0 Å². The molecule has 1 heterocycles. The maximum atomic E-state index is 12.4. The molecule has 24 heavy (non-hydrogen) atoms. The van der Waals surface area contributed by atoms with E-state index in [1.807, 2.05) is 6.07 Å². The molecule has 2 bridgehead atoms. The minimum absolute atomic E-state index is 0.0874. The molecule has 2 fully saturated rings. The monoisotopic (exact) mass is 350 g/mol. The highest BCUT2D eigenvalue weighted by Crippen LogP contribution is 2.52. The quantitative estimate of drug-likeness (QED) is 0.727. The van der Waals surface area contributed by atoms with E-state index >= 15 is 0 Å². The highest BCUT2D eigenvalue weighted by Gasteiger charge is 2.54. The third-order valence-electron chi connectivity index (χ3n) is 5.25. The molecule has 2 aliphatic rings. The van der Waals surface area contributed by atoms with Crippen LogP contribution in [0.2, 0.25) is 0 Å². The molecule has 1 aromatic heterocycles. The van der Waals surface area contributed by atoms with E-state index in [4.69, 9.17) is 0 Å². The molecule has 0 aliphatic heterocycles. The summed E-state index contributed by atoms with van der Waals surface area (Å²) in [5.41, 5.74) is 5.36. The van der Waals surface area contributed by atoms with E-state index < -0.39 is 17.8 Å². The van der Waals surface area contributed by atoms with Crippen LogP contribution in [0.1, 0.15) is 54.3 Å². The van der Waals surface area contributed by atoms with Crippen molar-refractivity contribution in [3.63, 3.8) is 0 Å². The predicted molar refractivity (Wildman–Crippen MR) is 89.5 cm³/mol. The first kappa shape index (κ1) is 17.0. The molecule has 0 saturated heterocycles. The van der Waals surface area contributed by atoms with Gasteiger partial charge in [0.05, 0.1) is 17.4 Å². The first-order valence-corrected chi connectivity index (χ1v) is 9.18. The first-order valence-electron chi connectivity index (χ1n) is 8.30. The Morgan fingerprint density at radius 3 is 2.42 bits per heavy atom. The number of carboxylic acid groups (broad SMARTS) is 1. The van der Waals surface area contributed by atoms with Crippen LogP contribution >= 0.6 is 11.3 Å². The van der Waals surface area contributed by atoms with Crippen molar-refractivity contribution in [2.75, 3.05) is 0 Å². The van der Waals surface area contributed by atoms with Crippen LogP contribution in [0.15, 0.2) is 11.4 Å². The Kier molecular flexibility index (Phi) is 4.62. The Morgan fingerprint density at radius 1 is 1.17 bits per heavy atom. The summed E-state index contributed by atoms with van der Waals surface area (Å²) in [6, 6.07) is 1.81. The van der Waals surface area contributed by atoms with Crippen molar-refractivity contribution in [1.82, 2.24) is 10.9 Å². The molecule has 2 amide bonds. The smallest absolute Gasteiger partial charge is 0.307 e. The van der Waals surface area contributed by atoms with E-state index in [1.165, 1.54) is 11.3 Å². The number of nitrogens with one attached hydrogen (secondary N) is 2. The molecule has 2 saturated carbocycles. The lowest BCUT2D eigenvalue weighted by molar-refractivity contribution is -0.149. The molecule has 0 spiro atoms. The second-order valence-corrected chi connectivity index (χ2v) is 8.00. The Morgan fingerprint density at radius 2 is 1.83 bits per heavy atom. The maximum Gasteiger partial charge on any atom is 0.307 e. The molecular formula is C17H22N2O4S. The number of carbonyl (C=O) groups is 3. The Hall–Kier alpha value is -1.89. The van der Waals surface area contributed by atoms with Gasteiger partial charge >= 0.3 is 5.97 Å². The average molecular weight is 350 g/mol. The van der Waals surface area contributed by atoms with Crippen LogP contribution in [0, 0.1) is 23.7 Å². The van der Waals surface area contributed by atoms with Gasteiger partial charge in [-0.15, -0.1) is 11.3 Å². The summed E-state index contributed by atoms with van der Waals surface area (Å²) in [5, 5.41) is 11.2. The SMILES string of the molecule is CC(C)c1cc(C(=O)NNC(=O)[C@H]2[C@H]3CC[C@@H](C3)[C@H]2C(=O)O)cs1. The van der Waals surface area contributed by atoms with Gasteiger partial charge in [-0.3, -0.25) is 25.2 Å². The van der Waals surface area contributed by atoms with Gasteiger partial charge in [0.15, 0.2) is 0 Å². The molecule has 2 aliphatic carbocycles. The lowest BCUT2D eigenvalue weighted by atomic mass is 9.79. The molecule has 130 valence electrons. The summed E-state index contributed by atoms with van der Waals surface area (Å²) >= 11 is 1.51. The maximum absolute atomic E-state index is 12.4. The van der Waals surface area contributed by atoms with Gasteiger partial charge in [0.1, 0.15) is 0 Å². The molecule has 4 atom stereocenters. The lowest BCUT2D eigenvalue weighted by Gasteiger charge is -2.26. The van der Waals surface area contributed by atoms with E-state index in [0.29, 0.717) is 11.5 Å². The number of aliphatic carboxylic acids is 1. The van der Waals surface area contributed by atoms with Crippen LogP contribution in [0.3, 0.4) is 0 Å². The fourth-order valence-electron chi connectivity index (χ4n) is 4.07. The lowest BCUT2D eigenvalue weighted by Crippen LogP contribution is -2.48. The average Bonchev–Trinajstić information content (AvgIpc) is 3.25. The van der Waals surface area contributed by atoms with E-state index in [0.717, 1.165) is 24.1 Å². The van der Waals surface area contributed by atoms with Gasteiger partial charge in [-0.05, 0) is 43.1 Å². The molecular weight excluding hydrogens is 328 g/mol. The molecule has 7 heteroatoms. The summed E-state index contributed by atoms with van der Waals surface area (Å²) in [4.78, 5) is 37.1. The Balaban J connectivity index is 1.60. The van der Waals surface area contributed by atoms with Crippen molar-refractivity contribution in [3.8, 4) is 0 Å². The number of amides is 2. The van der Waals surface area contributed by atoms with Gasteiger partial charge in [-0.1, -0.05) is 13.8 Å². The van der Waals surface area contributed by atoms with Crippen LogP contribution in [0.5, 0.6) is 0 Å². The third kappa shape index (κ3) is 3.05. The Labute approximate surface area is 144 Å². The topological polar surface area (TPSA) is 95.5 Å². The minimum atomic E-state index is -0.909. The number of carbonyl (C=O) groups excluding carboxylic acids is 2. The molecule has 0 unspecified atom stereocenters. The minimum Gasteiger partial charge on any atom is -0.481 e. The van der Waals surface area contributed by atoms with Crippen molar-refractivity contribution in [2.45, 2.75) is 39.0 Å². The number of hydrogen-bond donors (Lipinski definition) is 3. The summed E-state index contributed by atoms with van der Waals surface area (Å²) in [7, 11) is 0. The Bertz CT molecular complexity index is 669. The van der Waals surface area contributed by atoms with Crippen LogP contribution < -0.4 is 10.9 Å². The highest BCUT2D eigenvalue weighted by atomic mass is 32.1. The van der Waals surface area contributed by atoms with Crippen molar-refractivity contribution >= 4 is 29.1 Å². The molecule has 0 radical (unpaired) electrons. The standard InChI is InChI=1S/C17H22N2O4S/c1-8(2)12-6-11(7-24-12)15(20)18-19-16(21)13-9-3-4-10(5-9)14(13)17(22)23/h6-10,13-14H,3-5H2,1-2H3,(H,18,20)(H,19,21)(H,22,23)/t9-,10-,13-,14+/m0/s1. The van der Waals surface area contributed by atoms with E-state index in [9.17, 15) is 19.5 Å². The molecule has 1 aromatic rings. The zero-order valence-corrected chi connectivity index (χ0v) is 14.6. The van der Waals surface area contributed by atoms with E-state index in [2.05, 4.69) is 24.7 Å². The number of hydrazine groups is 1. The van der Waals surface area contributed by atoms with Crippen LogP contribution in [0.25, 0.3) is 0 Å². The van der Waals surface area contributed by atoms with Crippen molar-refractivity contribution < 1.29 is 19.5 Å². The van der Waals surface area contributed by atoms with Crippen molar-refractivity contribution in [3.05, 3.63) is 21.9 Å². The zero-order valence-electron chi connectivity index (χ0n) is 13.7. The molecule has 0 aromatic carbocycles. The van der Waals surface area contributed by atoms with Crippen LogP contribution in [0.4, 0.5) is 0 Å². The number of fused-ring (bicyclic) bond motifs is 2. The fourth-order valence-corrected chi connectivity index (χ4v) is 4.98. The second kappa shape index (κ2) is 6.55. The first-order chi connectivity index (χ1) is 11.4. The normalized spacial score (nSPS) is 28.1. The number of rotatable bonds is 4. The number of thiophene rings is 1. The predicted octanol–water partition coefficient (Wildman–Crippen LogP) is 2.38. The van der Waals surface area contributed by atoms with Crippen molar-refractivity contribution in [2.24, 2.45) is 23.7 Å². The third-order valence-corrected chi connectivity index (χ3v) is 6.49. The summed E-state index contributed by atoms with van der Waals surface area (Å²) in [6.45, 7) is 4.10. The summed E-state index contributed by atoms with van der Waals surface area (Å²) in [5.74, 6) is -2.30. The fraction of sp³-hybridized carbons (Fsp3) is 0.588. The molecule has 3 rings (SSSR count). The van der Waals surface area contributed by atoms with Crippen molar-refractivity contribution in [1.29, 1.82) is 0 Å². The van der Waals surface area contributed by atoms with Crippen LogP contribution in [-0.2, 0) is 9.59 Å². The van der Waals surface area contributed by atoms with Gasteiger partial charge < -0.3 is 5.11 Å². The molecule has 3 N–H and O–H groups in total. The zero-order chi connectivity index (χ0) is 17.4. The van der Waals surface area contributed by atoms with Gasteiger partial charge in [0.2, 0.25) is 5.91 Å². The second-order valence-electron chi connectivity index (χ2n) is 7.06.